The minimum atomic E-state index is -0.767. The molecule has 3 heteroatoms. The van der Waals surface area contributed by atoms with E-state index in [1.807, 2.05) is 19.1 Å². The number of benzene rings is 1. The summed E-state index contributed by atoms with van der Waals surface area (Å²) >= 11 is 0. The molecule has 0 saturated heterocycles. The third kappa shape index (κ3) is 2.94. The molecule has 1 aromatic carbocycles. The van der Waals surface area contributed by atoms with Crippen LogP contribution in [0.3, 0.4) is 0 Å². The monoisotopic (exact) mass is 197 g/mol. The molecule has 72 valence electrons. The summed E-state index contributed by atoms with van der Waals surface area (Å²) in [4.78, 5) is 0. The van der Waals surface area contributed by atoms with Crippen LogP contribution in [-0.4, -0.2) is 10.5 Å². The minimum Gasteiger partial charge on any atom is -0.326 e. The minimum absolute atomic E-state index is 0.566. The maximum absolute atomic E-state index is 11.0. The summed E-state index contributed by atoms with van der Waals surface area (Å²) in [5.74, 6) is 0.636. The highest BCUT2D eigenvalue weighted by atomic mass is 32.2. The van der Waals surface area contributed by atoms with Crippen LogP contribution in [0.25, 0.3) is 0 Å². The molecule has 13 heavy (non-hydrogen) atoms. The van der Waals surface area contributed by atoms with Gasteiger partial charge < -0.3 is 5.73 Å². The Hall–Kier alpha value is -0.670. The molecule has 1 atom stereocenters. The summed E-state index contributed by atoms with van der Waals surface area (Å²) in [6.45, 7) is 2.59. The molecule has 0 fully saturated rings. The molecule has 0 aliphatic heterocycles. The standard InChI is InChI=1S/C10H15NOS/c1-8-5-9(6-11)3-4-10(8)7-13(2)12/h3-5H,6-7,11H2,1-2H3. The van der Waals surface area contributed by atoms with Gasteiger partial charge in [-0.3, -0.25) is 4.21 Å². The molecule has 0 aliphatic carbocycles. The van der Waals surface area contributed by atoms with E-state index in [9.17, 15) is 4.21 Å². The number of rotatable bonds is 3. The van der Waals surface area contributed by atoms with Crippen molar-refractivity contribution in [3.8, 4) is 0 Å². The topological polar surface area (TPSA) is 43.1 Å². The molecule has 2 nitrogen and oxygen atoms in total. The summed E-state index contributed by atoms with van der Waals surface area (Å²) < 4.78 is 11.0. The lowest BCUT2D eigenvalue weighted by molar-refractivity contribution is 0.686. The van der Waals surface area contributed by atoms with Crippen molar-refractivity contribution in [3.05, 3.63) is 34.9 Å². The average Bonchev–Trinajstić information content (AvgIpc) is 2.08. The van der Waals surface area contributed by atoms with Crippen LogP contribution >= 0.6 is 0 Å². The first-order chi connectivity index (χ1) is 6.13. The van der Waals surface area contributed by atoms with E-state index in [1.165, 1.54) is 5.56 Å². The SMILES string of the molecule is Cc1cc(CN)ccc1CS(C)=O. The van der Waals surface area contributed by atoms with Crippen LogP contribution < -0.4 is 5.73 Å². The first-order valence-electron chi connectivity index (χ1n) is 4.22. The Kier molecular flexibility index (Phi) is 3.63. The fourth-order valence-corrected chi connectivity index (χ4v) is 2.03. The molecule has 1 aromatic rings. The normalized spacial score (nSPS) is 12.8. The van der Waals surface area contributed by atoms with Gasteiger partial charge in [0, 0.05) is 29.4 Å². The van der Waals surface area contributed by atoms with Crippen molar-refractivity contribution in [2.75, 3.05) is 6.26 Å². The Morgan fingerprint density at radius 1 is 1.46 bits per heavy atom. The lowest BCUT2D eigenvalue weighted by atomic mass is 10.1. The summed E-state index contributed by atoms with van der Waals surface area (Å²) in [7, 11) is -0.767. The smallest absolute Gasteiger partial charge is 0.0485 e. The second-order valence-corrected chi connectivity index (χ2v) is 4.62. The van der Waals surface area contributed by atoms with E-state index < -0.39 is 10.8 Å². The lowest BCUT2D eigenvalue weighted by Crippen LogP contribution is -2.00. The molecule has 0 aromatic heterocycles. The molecule has 1 unspecified atom stereocenters. The zero-order chi connectivity index (χ0) is 9.84. The van der Waals surface area contributed by atoms with Gasteiger partial charge in [-0.2, -0.15) is 0 Å². The van der Waals surface area contributed by atoms with E-state index in [1.54, 1.807) is 6.26 Å². The molecular weight excluding hydrogens is 182 g/mol. The lowest BCUT2D eigenvalue weighted by Gasteiger charge is -2.05. The van der Waals surface area contributed by atoms with Gasteiger partial charge in [0.15, 0.2) is 0 Å². The second kappa shape index (κ2) is 4.53. The van der Waals surface area contributed by atoms with E-state index in [2.05, 4.69) is 6.07 Å². The first-order valence-corrected chi connectivity index (χ1v) is 5.94. The Balaban J connectivity index is 2.91. The maximum Gasteiger partial charge on any atom is 0.0485 e. The Morgan fingerprint density at radius 3 is 2.62 bits per heavy atom. The maximum atomic E-state index is 11.0. The van der Waals surface area contributed by atoms with Crippen LogP contribution in [0.4, 0.5) is 0 Å². The van der Waals surface area contributed by atoms with Crippen molar-refractivity contribution in [1.29, 1.82) is 0 Å². The van der Waals surface area contributed by atoms with Crippen LogP contribution in [0.15, 0.2) is 18.2 Å². The van der Waals surface area contributed by atoms with Crippen molar-refractivity contribution in [2.45, 2.75) is 19.2 Å². The van der Waals surface area contributed by atoms with Gasteiger partial charge in [0.1, 0.15) is 0 Å². The highest BCUT2D eigenvalue weighted by molar-refractivity contribution is 7.83. The Bertz CT molecular complexity index is 323. The van der Waals surface area contributed by atoms with Crippen LogP contribution in [0, 0.1) is 6.92 Å². The quantitative estimate of drug-likeness (QED) is 0.794. The van der Waals surface area contributed by atoms with Crippen molar-refractivity contribution in [1.82, 2.24) is 0 Å². The predicted octanol–water partition coefficient (Wildman–Crippen LogP) is 1.33. The van der Waals surface area contributed by atoms with Gasteiger partial charge in [0.05, 0.1) is 0 Å². The van der Waals surface area contributed by atoms with E-state index in [-0.39, 0.29) is 0 Å². The third-order valence-corrected chi connectivity index (χ3v) is 2.72. The molecule has 0 amide bonds. The zero-order valence-electron chi connectivity index (χ0n) is 8.04. The summed E-state index contributed by atoms with van der Waals surface area (Å²) in [6.07, 6.45) is 1.72. The van der Waals surface area contributed by atoms with Gasteiger partial charge in [-0.15, -0.1) is 0 Å². The van der Waals surface area contributed by atoms with E-state index in [0.29, 0.717) is 12.3 Å². The van der Waals surface area contributed by atoms with E-state index >= 15 is 0 Å². The van der Waals surface area contributed by atoms with Crippen LogP contribution in [0.5, 0.6) is 0 Å². The highest BCUT2D eigenvalue weighted by Crippen LogP contribution is 2.12. The number of nitrogens with two attached hydrogens (primary N) is 1. The molecule has 0 spiro atoms. The molecule has 0 aliphatic rings. The number of hydrogen-bond donors (Lipinski definition) is 1. The van der Waals surface area contributed by atoms with Crippen molar-refractivity contribution in [2.24, 2.45) is 5.73 Å². The fourth-order valence-electron chi connectivity index (χ4n) is 1.27. The zero-order valence-corrected chi connectivity index (χ0v) is 8.86. The molecule has 0 radical (unpaired) electrons. The van der Waals surface area contributed by atoms with Crippen molar-refractivity contribution in [3.63, 3.8) is 0 Å². The van der Waals surface area contributed by atoms with Crippen molar-refractivity contribution >= 4 is 10.8 Å². The molecule has 1 rings (SSSR count). The summed E-state index contributed by atoms with van der Waals surface area (Å²) in [5, 5.41) is 0. The number of hydrogen-bond acceptors (Lipinski definition) is 2. The van der Waals surface area contributed by atoms with Crippen LogP contribution in [0.2, 0.25) is 0 Å². The Morgan fingerprint density at radius 2 is 2.15 bits per heavy atom. The molecule has 0 heterocycles. The largest absolute Gasteiger partial charge is 0.326 e. The van der Waals surface area contributed by atoms with Gasteiger partial charge >= 0.3 is 0 Å². The summed E-state index contributed by atoms with van der Waals surface area (Å²) in [5.41, 5.74) is 8.97. The summed E-state index contributed by atoms with van der Waals surface area (Å²) in [6, 6.07) is 6.07. The van der Waals surface area contributed by atoms with Gasteiger partial charge in [-0.05, 0) is 23.6 Å². The Labute approximate surface area is 81.6 Å². The predicted molar refractivity (Wildman–Crippen MR) is 56.8 cm³/mol. The van der Waals surface area contributed by atoms with E-state index in [0.717, 1.165) is 11.1 Å². The van der Waals surface area contributed by atoms with Gasteiger partial charge in [-0.1, -0.05) is 18.2 Å². The molecule has 2 N–H and O–H groups in total. The average molecular weight is 197 g/mol. The van der Waals surface area contributed by atoms with Gasteiger partial charge in [0.2, 0.25) is 0 Å². The molecule has 0 bridgehead atoms. The molecule has 0 saturated carbocycles. The van der Waals surface area contributed by atoms with Crippen LogP contribution in [0.1, 0.15) is 16.7 Å². The van der Waals surface area contributed by atoms with Crippen molar-refractivity contribution < 1.29 is 4.21 Å². The van der Waals surface area contributed by atoms with E-state index in [4.69, 9.17) is 5.73 Å². The first kappa shape index (κ1) is 10.4. The highest BCUT2D eigenvalue weighted by Gasteiger charge is 2.01. The fraction of sp³-hybridized carbons (Fsp3) is 0.400. The van der Waals surface area contributed by atoms with Gasteiger partial charge in [-0.25, -0.2) is 0 Å². The second-order valence-electron chi connectivity index (χ2n) is 3.18. The van der Waals surface area contributed by atoms with Crippen LogP contribution in [-0.2, 0) is 23.1 Å². The number of aryl methyl sites for hydroxylation is 1. The van der Waals surface area contributed by atoms with Gasteiger partial charge in [0.25, 0.3) is 0 Å². The third-order valence-electron chi connectivity index (χ3n) is 2.00. The molecular formula is C10H15NOS.